The molecular weight excluding hydrogens is 242 g/mol. The number of aromatic hydroxyl groups is 1. The second-order valence-electron chi connectivity index (χ2n) is 4.12. The van der Waals surface area contributed by atoms with E-state index in [4.69, 9.17) is 16.4 Å². The third kappa shape index (κ3) is 3.11. The Morgan fingerprint density at radius 2 is 2.12 bits per heavy atom. The van der Waals surface area contributed by atoms with Crippen molar-refractivity contribution >= 4 is 17.5 Å². The number of nitrogens with one attached hydrogen (secondary N) is 1. The van der Waals surface area contributed by atoms with Crippen molar-refractivity contribution in [2.45, 2.75) is 31.8 Å². The molecule has 1 amide bonds. The van der Waals surface area contributed by atoms with Crippen LogP contribution in [0.15, 0.2) is 18.2 Å². The first-order chi connectivity index (χ1) is 8.16. The molecule has 92 valence electrons. The fraction of sp³-hybridized carbons (Fsp3) is 0.417. The maximum Gasteiger partial charge on any atom is 0.274 e. The topological polar surface area (TPSA) is 58.6 Å². The first kappa shape index (κ1) is 12.2. The summed E-state index contributed by atoms with van der Waals surface area (Å²) in [5, 5.41) is 9.38. The first-order valence-corrected chi connectivity index (χ1v) is 5.99. The van der Waals surface area contributed by atoms with E-state index in [1.165, 1.54) is 18.2 Å². The van der Waals surface area contributed by atoms with E-state index in [0.29, 0.717) is 5.56 Å². The molecule has 0 radical (unpaired) electrons. The second kappa shape index (κ2) is 5.38. The van der Waals surface area contributed by atoms with Crippen molar-refractivity contribution in [2.75, 3.05) is 0 Å². The summed E-state index contributed by atoms with van der Waals surface area (Å²) >= 11 is 5.71. The lowest BCUT2D eigenvalue weighted by molar-refractivity contribution is -0.0124. The van der Waals surface area contributed by atoms with Gasteiger partial charge in [0.25, 0.3) is 5.91 Å². The Balaban J connectivity index is 1.92. The van der Waals surface area contributed by atoms with Crippen LogP contribution in [0.3, 0.4) is 0 Å². The monoisotopic (exact) mass is 255 g/mol. The van der Waals surface area contributed by atoms with E-state index in [9.17, 15) is 9.90 Å². The highest BCUT2D eigenvalue weighted by Gasteiger charge is 2.17. The number of halogens is 1. The standard InChI is InChI=1S/C12H14ClNO3/c13-10-7-8(5-6-11(10)15)12(16)14-17-9-3-1-2-4-9/h5-7,9,15H,1-4H2,(H,14,16). The Bertz CT molecular complexity index is 416. The van der Waals surface area contributed by atoms with Gasteiger partial charge in [-0.15, -0.1) is 0 Å². The van der Waals surface area contributed by atoms with Crippen LogP contribution >= 0.6 is 11.6 Å². The number of carbonyl (C=O) groups is 1. The van der Waals surface area contributed by atoms with Gasteiger partial charge < -0.3 is 5.11 Å². The van der Waals surface area contributed by atoms with Crippen LogP contribution in [-0.4, -0.2) is 17.1 Å². The highest BCUT2D eigenvalue weighted by atomic mass is 35.5. The quantitative estimate of drug-likeness (QED) is 0.817. The third-order valence-corrected chi connectivity index (χ3v) is 3.13. The number of amides is 1. The Morgan fingerprint density at radius 3 is 2.76 bits per heavy atom. The molecule has 2 N–H and O–H groups in total. The van der Waals surface area contributed by atoms with Gasteiger partial charge in [-0.1, -0.05) is 24.4 Å². The molecule has 0 aromatic heterocycles. The highest BCUT2D eigenvalue weighted by molar-refractivity contribution is 6.32. The van der Waals surface area contributed by atoms with Crippen molar-refractivity contribution in [3.05, 3.63) is 28.8 Å². The molecule has 0 unspecified atom stereocenters. The van der Waals surface area contributed by atoms with Gasteiger partial charge in [-0.3, -0.25) is 9.63 Å². The highest BCUT2D eigenvalue weighted by Crippen LogP contribution is 2.24. The van der Waals surface area contributed by atoms with E-state index in [2.05, 4.69) is 5.48 Å². The molecule has 0 atom stereocenters. The minimum atomic E-state index is -0.348. The first-order valence-electron chi connectivity index (χ1n) is 5.61. The summed E-state index contributed by atoms with van der Waals surface area (Å²) < 4.78 is 0. The number of carbonyl (C=O) groups excluding carboxylic acids is 1. The van der Waals surface area contributed by atoms with Crippen molar-refractivity contribution in [1.82, 2.24) is 5.48 Å². The number of hydrogen-bond donors (Lipinski definition) is 2. The van der Waals surface area contributed by atoms with Crippen molar-refractivity contribution in [2.24, 2.45) is 0 Å². The van der Waals surface area contributed by atoms with Crippen molar-refractivity contribution in [3.8, 4) is 5.75 Å². The molecular formula is C12H14ClNO3. The van der Waals surface area contributed by atoms with Crippen molar-refractivity contribution in [3.63, 3.8) is 0 Å². The van der Waals surface area contributed by atoms with E-state index in [-0.39, 0.29) is 22.8 Å². The minimum absolute atomic E-state index is 0.0417. The average Bonchev–Trinajstić information content (AvgIpc) is 2.82. The van der Waals surface area contributed by atoms with Crippen LogP contribution in [0.25, 0.3) is 0 Å². The summed E-state index contributed by atoms with van der Waals surface area (Å²) in [5.74, 6) is -0.390. The van der Waals surface area contributed by atoms with Crippen LogP contribution in [0, 0.1) is 0 Å². The molecule has 0 aliphatic heterocycles. The summed E-state index contributed by atoms with van der Waals surface area (Å²) in [6.45, 7) is 0. The fourth-order valence-electron chi connectivity index (χ4n) is 1.85. The van der Waals surface area contributed by atoms with E-state index in [0.717, 1.165) is 25.7 Å². The molecule has 2 rings (SSSR count). The molecule has 5 heteroatoms. The normalized spacial score (nSPS) is 16.1. The average molecular weight is 256 g/mol. The van der Waals surface area contributed by atoms with Crippen molar-refractivity contribution < 1.29 is 14.7 Å². The third-order valence-electron chi connectivity index (χ3n) is 2.83. The zero-order valence-electron chi connectivity index (χ0n) is 9.28. The molecule has 0 spiro atoms. The number of hydroxylamine groups is 1. The van der Waals surface area contributed by atoms with E-state index >= 15 is 0 Å². The van der Waals surface area contributed by atoms with Crippen molar-refractivity contribution in [1.29, 1.82) is 0 Å². The molecule has 0 heterocycles. The Kier molecular flexibility index (Phi) is 3.86. The summed E-state index contributed by atoms with van der Waals surface area (Å²) in [4.78, 5) is 17.0. The fourth-order valence-corrected chi connectivity index (χ4v) is 2.03. The molecule has 1 aromatic carbocycles. The van der Waals surface area contributed by atoms with Gasteiger partial charge in [0.1, 0.15) is 5.75 Å². The summed E-state index contributed by atoms with van der Waals surface area (Å²) in [5.41, 5.74) is 2.77. The molecule has 0 saturated heterocycles. The van der Waals surface area contributed by atoms with E-state index in [1.54, 1.807) is 0 Å². The Morgan fingerprint density at radius 1 is 1.41 bits per heavy atom. The summed E-state index contributed by atoms with van der Waals surface area (Å²) in [6, 6.07) is 4.28. The number of phenols is 1. The number of hydrogen-bond acceptors (Lipinski definition) is 3. The number of phenolic OH excluding ortho intramolecular Hbond substituents is 1. The Labute approximate surface area is 104 Å². The molecule has 1 aromatic rings. The van der Waals surface area contributed by atoms with E-state index in [1.807, 2.05) is 0 Å². The Hall–Kier alpha value is -1.26. The zero-order chi connectivity index (χ0) is 12.3. The number of benzene rings is 1. The van der Waals surface area contributed by atoms with Crippen LogP contribution in [0.2, 0.25) is 5.02 Å². The summed E-state index contributed by atoms with van der Waals surface area (Å²) in [7, 11) is 0. The minimum Gasteiger partial charge on any atom is -0.506 e. The van der Waals surface area contributed by atoms with Gasteiger partial charge in [0, 0.05) is 5.56 Å². The maximum atomic E-state index is 11.7. The van der Waals surface area contributed by atoms with Gasteiger partial charge in [-0.25, -0.2) is 5.48 Å². The van der Waals surface area contributed by atoms with Crippen LogP contribution in [0.1, 0.15) is 36.0 Å². The SMILES string of the molecule is O=C(NOC1CCCC1)c1ccc(O)c(Cl)c1. The number of rotatable bonds is 3. The van der Waals surface area contributed by atoms with Crippen LogP contribution in [0.5, 0.6) is 5.75 Å². The zero-order valence-corrected chi connectivity index (χ0v) is 10.0. The molecule has 17 heavy (non-hydrogen) atoms. The smallest absolute Gasteiger partial charge is 0.274 e. The largest absolute Gasteiger partial charge is 0.506 e. The van der Waals surface area contributed by atoms with Gasteiger partial charge in [0.05, 0.1) is 11.1 Å². The molecule has 4 nitrogen and oxygen atoms in total. The molecule has 1 aliphatic rings. The molecule has 0 bridgehead atoms. The van der Waals surface area contributed by atoms with Crippen LogP contribution in [-0.2, 0) is 4.84 Å². The maximum absolute atomic E-state index is 11.7. The van der Waals surface area contributed by atoms with Gasteiger partial charge in [0.2, 0.25) is 0 Å². The summed E-state index contributed by atoms with van der Waals surface area (Å²) in [6.07, 6.45) is 4.37. The van der Waals surface area contributed by atoms with E-state index < -0.39 is 0 Å². The second-order valence-corrected chi connectivity index (χ2v) is 4.53. The molecule has 1 aliphatic carbocycles. The molecule has 1 fully saturated rings. The lowest BCUT2D eigenvalue weighted by atomic mass is 10.2. The molecule has 1 saturated carbocycles. The van der Waals surface area contributed by atoms with Gasteiger partial charge in [0.15, 0.2) is 0 Å². The van der Waals surface area contributed by atoms with Crippen LogP contribution in [0.4, 0.5) is 0 Å². The lowest BCUT2D eigenvalue weighted by Gasteiger charge is -2.11. The van der Waals surface area contributed by atoms with Crippen LogP contribution < -0.4 is 5.48 Å². The van der Waals surface area contributed by atoms with Gasteiger partial charge >= 0.3 is 0 Å². The van der Waals surface area contributed by atoms with Gasteiger partial charge in [-0.05, 0) is 31.0 Å². The predicted molar refractivity (Wildman–Crippen MR) is 63.9 cm³/mol. The van der Waals surface area contributed by atoms with Gasteiger partial charge in [-0.2, -0.15) is 0 Å². The predicted octanol–water partition coefficient (Wildman–Crippen LogP) is 2.65. The lowest BCUT2D eigenvalue weighted by Crippen LogP contribution is -2.28.